The molecule has 5 atom stereocenters. The normalized spacial score (nSPS) is 29.1. The number of morpholine rings is 1. The maximum absolute atomic E-state index is 14.7. The molecule has 4 aliphatic heterocycles. The van der Waals surface area contributed by atoms with E-state index in [0.717, 1.165) is 18.7 Å². The van der Waals surface area contributed by atoms with Crippen LogP contribution in [0.5, 0.6) is 0 Å². The van der Waals surface area contributed by atoms with Crippen LogP contribution in [0.2, 0.25) is 0 Å². The van der Waals surface area contributed by atoms with Gasteiger partial charge >= 0.3 is 0 Å². The SMILES string of the molecule is C=CCN(CCN1CCOCC1)C(=O)C1N(CCCCO)C(=O)[C@@H]2[C@@H](C(=O)N(CC=C)Cc3ccccc3)[C@@]3(CC)CCC12O3. The topological polar surface area (TPSA) is 103 Å². The van der Waals surface area contributed by atoms with Crippen LogP contribution >= 0.6 is 0 Å². The number of amides is 3. The van der Waals surface area contributed by atoms with Crippen LogP contribution in [-0.4, -0.2) is 125 Å². The van der Waals surface area contributed by atoms with Gasteiger partial charge in [-0.3, -0.25) is 19.3 Å². The van der Waals surface area contributed by atoms with E-state index in [4.69, 9.17) is 9.47 Å². The van der Waals surface area contributed by atoms with Gasteiger partial charge in [0.2, 0.25) is 17.7 Å². The largest absolute Gasteiger partial charge is 0.396 e. The van der Waals surface area contributed by atoms with Gasteiger partial charge in [0.1, 0.15) is 11.6 Å². The van der Waals surface area contributed by atoms with E-state index >= 15 is 0 Å². The molecule has 246 valence electrons. The van der Waals surface area contributed by atoms with Gasteiger partial charge in [-0.25, -0.2) is 0 Å². The minimum absolute atomic E-state index is 0.00388. The quantitative estimate of drug-likeness (QED) is 0.223. The fraction of sp³-hybridized carbons (Fsp3) is 0.629. The third kappa shape index (κ3) is 6.35. The number of nitrogens with zero attached hydrogens (tertiary/aromatic N) is 4. The van der Waals surface area contributed by atoms with Gasteiger partial charge in [-0.05, 0) is 37.7 Å². The number of hydrogen-bond acceptors (Lipinski definition) is 7. The molecular formula is C35H50N4O6. The maximum atomic E-state index is 14.7. The molecule has 45 heavy (non-hydrogen) atoms. The summed E-state index contributed by atoms with van der Waals surface area (Å²) in [6.07, 6.45) is 6.24. The molecule has 0 aromatic heterocycles. The third-order valence-electron chi connectivity index (χ3n) is 10.3. The van der Waals surface area contributed by atoms with Crippen LogP contribution < -0.4 is 0 Å². The molecule has 3 amide bonds. The van der Waals surface area contributed by atoms with Gasteiger partial charge in [0.25, 0.3) is 0 Å². The standard InChI is InChI=1S/C35H50N4O6/c1-4-16-37(20-19-36-21-24-44-25-22-36)33(43)30-35-15-14-34(6-3,45-35)28(29(35)32(42)39(30)18-10-11-23-40)31(41)38(17-5-2)26-27-12-8-7-9-13-27/h4-5,7-9,12-13,28-30,40H,1-2,6,10-11,14-26H2,3H3/t28-,29-,30?,34+,35?/m0/s1. The van der Waals surface area contributed by atoms with Crippen molar-refractivity contribution in [3.8, 4) is 0 Å². The maximum Gasteiger partial charge on any atom is 0.248 e. The Morgan fingerprint density at radius 3 is 2.40 bits per heavy atom. The Hall–Kier alpha value is -3.05. The molecule has 2 unspecified atom stereocenters. The number of carbonyl (C=O) groups excluding carboxylic acids is 3. The lowest BCUT2D eigenvalue weighted by atomic mass is 9.64. The Kier molecular flexibility index (Phi) is 10.8. The van der Waals surface area contributed by atoms with E-state index in [1.54, 1.807) is 26.9 Å². The van der Waals surface area contributed by atoms with Gasteiger partial charge in [0, 0.05) is 59.0 Å². The number of hydrogen-bond donors (Lipinski definition) is 1. The molecule has 4 aliphatic rings. The second-order valence-corrected chi connectivity index (χ2v) is 12.8. The minimum Gasteiger partial charge on any atom is -0.396 e. The summed E-state index contributed by atoms with van der Waals surface area (Å²) >= 11 is 0. The number of aliphatic hydroxyl groups is 1. The number of likely N-dealkylation sites (tertiary alicyclic amines) is 1. The second kappa shape index (κ2) is 14.6. The molecule has 0 aliphatic carbocycles. The molecule has 1 aromatic carbocycles. The minimum atomic E-state index is -1.09. The number of ether oxygens (including phenoxy) is 2. The van der Waals surface area contributed by atoms with Crippen molar-refractivity contribution in [1.29, 1.82) is 0 Å². The molecule has 4 fully saturated rings. The lowest BCUT2D eigenvalue weighted by Gasteiger charge is -2.37. The van der Waals surface area contributed by atoms with Crippen LogP contribution in [0.15, 0.2) is 55.6 Å². The summed E-state index contributed by atoms with van der Waals surface area (Å²) in [6, 6.07) is 8.97. The fourth-order valence-electron chi connectivity index (χ4n) is 8.10. The van der Waals surface area contributed by atoms with E-state index in [2.05, 4.69) is 18.1 Å². The number of fused-ring (bicyclic) bond motifs is 1. The van der Waals surface area contributed by atoms with Crippen molar-refractivity contribution >= 4 is 17.7 Å². The van der Waals surface area contributed by atoms with Gasteiger partial charge in [-0.2, -0.15) is 0 Å². The van der Waals surface area contributed by atoms with E-state index < -0.39 is 29.1 Å². The Labute approximate surface area is 267 Å². The lowest BCUT2D eigenvalue weighted by molar-refractivity contribution is -0.155. The second-order valence-electron chi connectivity index (χ2n) is 12.8. The molecular weight excluding hydrogens is 572 g/mol. The van der Waals surface area contributed by atoms with E-state index in [0.29, 0.717) is 84.6 Å². The first-order valence-corrected chi connectivity index (χ1v) is 16.6. The first kappa shape index (κ1) is 33.3. The first-order chi connectivity index (χ1) is 21.9. The summed E-state index contributed by atoms with van der Waals surface area (Å²) in [7, 11) is 0. The molecule has 5 rings (SSSR count). The number of benzene rings is 1. The zero-order chi connectivity index (χ0) is 32.0. The van der Waals surface area contributed by atoms with Crippen LogP contribution in [0.25, 0.3) is 0 Å². The van der Waals surface area contributed by atoms with Crippen LogP contribution in [0.3, 0.4) is 0 Å². The smallest absolute Gasteiger partial charge is 0.248 e. The molecule has 10 heteroatoms. The van der Waals surface area contributed by atoms with E-state index in [-0.39, 0.29) is 24.3 Å². The highest BCUT2D eigenvalue weighted by atomic mass is 16.5. The third-order valence-corrected chi connectivity index (χ3v) is 10.3. The molecule has 1 spiro atoms. The molecule has 0 radical (unpaired) electrons. The van der Waals surface area contributed by atoms with Crippen molar-refractivity contribution < 1.29 is 29.0 Å². The Bertz CT molecular complexity index is 1220. The molecule has 4 saturated heterocycles. The highest BCUT2D eigenvalue weighted by Crippen LogP contribution is 2.64. The number of rotatable bonds is 16. The van der Waals surface area contributed by atoms with Crippen molar-refractivity contribution in [1.82, 2.24) is 19.6 Å². The van der Waals surface area contributed by atoms with Crippen LogP contribution in [-0.2, 0) is 30.4 Å². The fourth-order valence-corrected chi connectivity index (χ4v) is 8.10. The first-order valence-electron chi connectivity index (χ1n) is 16.6. The number of aliphatic hydroxyl groups excluding tert-OH is 1. The van der Waals surface area contributed by atoms with Gasteiger partial charge < -0.3 is 29.3 Å². The molecule has 2 bridgehead atoms. The molecule has 10 nitrogen and oxygen atoms in total. The summed E-state index contributed by atoms with van der Waals surface area (Å²) in [4.78, 5) is 51.4. The zero-order valence-corrected chi connectivity index (χ0v) is 26.8. The number of unbranched alkanes of at least 4 members (excludes halogenated alkanes) is 1. The van der Waals surface area contributed by atoms with E-state index in [1.165, 1.54) is 0 Å². The summed E-state index contributed by atoms with van der Waals surface area (Å²) in [5.41, 5.74) is -0.913. The van der Waals surface area contributed by atoms with E-state index in [9.17, 15) is 19.5 Å². The summed E-state index contributed by atoms with van der Waals surface area (Å²) < 4.78 is 12.5. The highest BCUT2D eigenvalue weighted by Gasteiger charge is 2.79. The molecule has 1 aromatic rings. The van der Waals surface area contributed by atoms with Gasteiger partial charge in [-0.1, -0.05) is 49.4 Å². The van der Waals surface area contributed by atoms with Gasteiger partial charge in [-0.15, -0.1) is 13.2 Å². The Balaban J connectivity index is 1.48. The predicted molar refractivity (Wildman–Crippen MR) is 171 cm³/mol. The molecule has 4 heterocycles. The summed E-state index contributed by atoms with van der Waals surface area (Å²) in [5.74, 6) is -1.93. The van der Waals surface area contributed by atoms with E-state index in [1.807, 2.05) is 37.3 Å². The van der Waals surface area contributed by atoms with Crippen molar-refractivity contribution in [2.75, 3.05) is 65.6 Å². The highest BCUT2D eigenvalue weighted by molar-refractivity contribution is 5.99. The predicted octanol–water partition coefficient (Wildman–Crippen LogP) is 2.48. The molecule has 0 saturated carbocycles. The summed E-state index contributed by atoms with van der Waals surface area (Å²) in [5, 5.41) is 9.53. The van der Waals surface area contributed by atoms with Crippen molar-refractivity contribution in [3.05, 3.63) is 61.2 Å². The van der Waals surface area contributed by atoms with Crippen molar-refractivity contribution in [2.45, 2.75) is 62.8 Å². The zero-order valence-electron chi connectivity index (χ0n) is 26.8. The van der Waals surface area contributed by atoms with Crippen LogP contribution in [0, 0.1) is 11.8 Å². The molecule has 1 N–H and O–H groups in total. The lowest BCUT2D eigenvalue weighted by Crippen LogP contribution is -2.57. The number of carbonyl (C=O) groups is 3. The van der Waals surface area contributed by atoms with Crippen molar-refractivity contribution in [2.24, 2.45) is 11.8 Å². The average Bonchev–Trinajstić information content (AvgIpc) is 3.67. The Morgan fingerprint density at radius 1 is 1.02 bits per heavy atom. The van der Waals surface area contributed by atoms with Crippen LogP contribution in [0.1, 0.15) is 44.6 Å². The van der Waals surface area contributed by atoms with Crippen molar-refractivity contribution in [3.63, 3.8) is 0 Å². The van der Waals surface area contributed by atoms with Gasteiger partial charge in [0.15, 0.2) is 0 Å². The summed E-state index contributed by atoms with van der Waals surface area (Å²) in [6.45, 7) is 15.4. The van der Waals surface area contributed by atoms with Crippen LogP contribution in [0.4, 0.5) is 0 Å². The van der Waals surface area contributed by atoms with Gasteiger partial charge in [0.05, 0.1) is 30.7 Å². The average molecular weight is 623 g/mol. The monoisotopic (exact) mass is 622 g/mol. The Morgan fingerprint density at radius 2 is 1.73 bits per heavy atom.